The van der Waals surface area contributed by atoms with Gasteiger partial charge in [0, 0.05) is 42.6 Å². The molecule has 0 bridgehead atoms. The van der Waals surface area contributed by atoms with Crippen LogP contribution in [0.5, 0.6) is 0 Å². The van der Waals surface area contributed by atoms with Crippen LogP contribution in [0.15, 0.2) is 61.3 Å². The quantitative estimate of drug-likeness (QED) is 0.517. The van der Waals surface area contributed by atoms with E-state index in [4.69, 9.17) is 0 Å². The molecule has 170 valence electrons. The van der Waals surface area contributed by atoms with Crippen molar-refractivity contribution in [1.29, 1.82) is 0 Å². The zero-order valence-electron chi connectivity index (χ0n) is 19.2. The van der Waals surface area contributed by atoms with Gasteiger partial charge < -0.3 is 9.47 Å². The number of rotatable bonds is 8. The third-order valence-corrected chi connectivity index (χ3v) is 8.27. The highest BCUT2D eigenvalue weighted by molar-refractivity contribution is 7.90. The maximum atomic E-state index is 12.0. The van der Waals surface area contributed by atoms with Crippen molar-refractivity contribution in [2.45, 2.75) is 44.8 Å². The Morgan fingerprint density at radius 1 is 1.03 bits per heavy atom. The molecule has 32 heavy (non-hydrogen) atoms. The molecule has 0 aliphatic carbocycles. The van der Waals surface area contributed by atoms with Crippen LogP contribution in [0.1, 0.15) is 50.7 Å². The standard InChI is InChI=1S/C26H33N3O2S/c1-19(2)32(30,31)27-18-20(3)22-7-10-25(11-8-22)29-16-13-24-17-23(9-12-26(24)29)21(4)28-14-5-6-15-28/h7-13,16-17,19-20,27H,4-6,14-15,18H2,1-3H3/t20-/m0/s1. The molecule has 1 fully saturated rings. The van der Waals surface area contributed by atoms with E-state index in [2.05, 4.69) is 75.5 Å². The number of hydrogen-bond acceptors (Lipinski definition) is 3. The Bertz CT molecular complexity index is 1200. The molecule has 2 aromatic carbocycles. The fraction of sp³-hybridized carbons (Fsp3) is 0.385. The first kappa shape index (κ1) is 22.6. The van der Waals surface area contributed by atoms with Gasteiger partial charge in [0.05, 0.1) is 10.8 Å². The molecule has 1 aliphatic rings. The Hall–Kier alpha value is -2.57. The molecule has 2 heterocycles. The maximum Gasteiger partial charge on any atom is 0.213 e. The van der Waals surface area contributed by atoms with Gasteiger partial charge in [0.15, 0.2) is 0 Å². The summed E-state index contributed by atoms with van der Waals surface area (Å²) < 4.78 is 28.9. The topological polar surface area (TPSA) is 54.3 Å². The first-order chi connectivity index (χ1) is 15.3. The minimum Gasteiger partial charge on any atom is -0.372 e. The Kier molecular flexibility index (Phi) is 6.45. The van der Waals surface area contributed by atoms with Crippen LogP contribution in [0.3, 0.4) is 0 Å². The van der Waals surface area contributed by atoms with Gasteiger partial charge in [-0.25, -0.2) is 13.1 Å². The third-order valence-electron chi connectivity index (χ3n) is 6.46. The third kappa shape index (κ3) is 4.62. The summed E-state index contributed by atoms with van der Waals surface area (Å²) in [4.78, 5) is 2.37. The van der Waals surface area contributed by atoms with Crippen molar-refractivity contribution in [3.8, 4) is 5.69 Å². The first-order valence-electron chi connectivity index (χ1n) is 11.4. The lowest BCUT2D eigenvalue weighted by Gasteiger charge is -2.20. The molecule has 3 aromatic rings. The highest BCUT2D eigenvalue weighted by Crippen LogP contribution is 2.28. The molecule has 0 radical (unpaired) electrons. The number of aromatic nitrogens is 1. The van der Waals surface area contributed by atoms with Crippen molar-refractivity contribution < 1.29 is 8.42 Å². The van der Waals surface area contributed by atoms with Crippen LogP contribution in [0.2, 0.25) is 0 Å². The Morgan fingerprint density at radius 3 is 2.38 bits per heavy atom. The number of sulfonamides is 1. The molecule has 6 heteroatoms. The Labute approximate surface area is 191 Å². The summed E-state index contributed by atoms with van der Waals surface area (Å²) in [5.74, 6) is 0.0955. The summed E-state index contributed by atoms with van der Waals surface area (Å²) in [6.45, 7) is 12.3. The monoisotopic (exact) mass is 451 g/mol. The second-order valence-corrected chi connectivity index (χ2v) is 11.4. The van der Waals surface area contributed by atoms with Gasteiger partial charge in [-0.3, -0.25) is 0 Å². The van der Waals surface area contributed by atoms with Gasteiger partial charge in [-0.2, -0.15) is 0 Å². The van der Waals surface area contributed by atoms with Crippen molar-refractivity contribution >= 4 is 26.6 Å². The molecule has 0 unspecified atom stereocenters. The average molecular weight is 452 g/mol. The molecule has 4 rings (SSSR count). The number of fused-ring (bicyclic) bond motifs is 1. The number of nitrogens with one attached hydrogen (secondary N) is 1. The van der Waals surface area contributed by atoms with Gasteiger partial charge in [0.25, 0.3) is 0 Å². The molecule has 0 spiro atoms. The highest BCUT2D eigenvalue weighted by atomic mass is 32.2. The van der Waals surface area contributed by atoms with Crippen molar-refractivity contribution in [1.82, 2.24) is 14.2 Å². The van der Waals surface area contributed by atoms with Crippen molar-refractivity contribution in [2.24, 2.45) is 0 Å². The normalized spacial score (nSPS) is 15.6. The number of hydrogen-bond donors (Lipinski definition) is 1. The highest BCUT2D eigenvalue weighted by Gasteiger charge is 2.18. The van der Waals surface area contributed by atoms with E-state index in [0.29, 0.717) is 6.54 Å². The summed E-state index contributed by atoms with van der Waals surface area (Å²) >= 11 is 0. The molecule has 0 saturated carbocycles. The molecule has 1 aliphatic heterocycles. The molecular formula is C26H33N3O2S. The van der Waals surface area contributed by atoms with Gasteiger partial charge in [-0.15, -0.1) is 0 Å². The summed E-state index contributed by atoms with van der Waals surface area (Å²) in [6, 6.07) is 17.1. The average Bonchev–Trinajstić information content (AvgIpc) is 3.47. The Morgan fingerprint density at radius 2 is 1.72 bits per heavy atom. The molecule has 1 aromatic heterocycles. The lowest BCUT2D eigenvalue weighted by atomic mass is 10.0. The SMILES string of the molecule is C=C(c1ccc2c(ccn2-c2ccc([C@@H](C)CNS(=O)(=O)C(C)C)cc2)c1)N1CCCC1. The zero-order chi connectivity index (χ0) is 22.9. The van der Waals surface area contributed by atoms with Crippen LogP contribution in [-0.4, -0.2) is 42.8 Å². The van der Waals surface area contributed by atoms with Crippen LogP contribution < -0.4 is 4.72 Å². The minimum absolute atomic E-state index is 0.0955. The minimum atomic E-state index is -3.25. The second kappa shape index (κ2) is 9.12. The largest absolute Gasteiger partial charge is 0.372 e. The Balaban J connectivity index is 1.50. The van der Waals surface area contributed by atoms with E-state index in [1.54, 1.807) is 13.8 Å². The second-order valence-electron chi connectivity index (χ2n) is 9.03. The summed E-state index contributed by atoms with van der Waals surface area (Å²) in [6.07, 6.45) is 4.59. The molecule has 1 atom stereocenters. The predicted molar refractivity (Wildman–Crippen MR) is 134 cm³/mol. The maximum absolute atomic E-state index is 12.0. The van der Waals surface area contributed by atoms with Crippen LogP contribution in [0, 0.1) is 0 Å². The fourth-order valence-electron chi connectivity index (χ4n) is 4.21. The van der Waals surface area contributed by atoms with Crippen LogP contribution in [0.25, 0.3) is 22.3 Å². The van der Waals surface area contributed by atoms with Crippen molar-refractivity contribution in [3.05, 3.63) is 72.4 Å². The van der Waals surface area contributed by atoms with Gasteiger partial charge in [-0.05, 0) is 74.1 Å². The van der Waals surface area contributed by atoms with E-state index < -0.39 is 15.3 Å². The van der Waals surface area contributed by atoms with Gasteiger partial charge in [0.1, 0.15) is 0 Å². The smallest absolute Gasteiger partial charge is 0.213 e. The number of benzene rings is 2. The van der Waals surface area contributed by atoms with E-state index in [9.17, 15) is 8.42 Å². The molecule has 1 saturated heterocycles. The van der Waals surface area contributed by atoms with E-state index in [0.717, 1.165) is 35.6 Å². The molecule has 5 nitrogen and oxygen atoms in total. The van der Waals surface area contributed by atoms with Gasteiger partial charge in [0.2, 0.25) is 10.0 Å². The fourth-order valence-corrected chi connectivity index (χ4v) is 5.02. The first-order valence-corrected chi connectivity index (χ1v) is 12.9. The van der Waals surface area contributed by atoms with Crippen LogP contribution >= 0.6 is 0 Å². The van der Waals surface area contributed by atoms with Crippen molar-refractivity contribution in [3.63, 3.8) is 0 Å². The predicted octanol–water partition coefficient (Wildman–Crippen LogP) is 5.13. The van der Waals surface area contributed by atoms with E-state index >= 15 is 0 Å². The summed E-state index contributed by atoms with van der Waals surface area (Å²) in [5, 5.41) is 0.774. The van der Waals surface area contributed by atoms with Crippen molar-refractivity contribution in [2.75, 3.05) is 19.6 Å². The van der Waals surface area contributed by atoms with E-state index in [1.165, 1.54) is 23.8 Å². The summed E-state index contributed by atoms with van der Waals surface area (Å²) in [7, 11) is -3.25. The number of likely N-dealkylation sites (tertiary alicyclic amines) is 1. The van der Waals surface area contributed by atoms with Crippen LogP contribution in [-0.2, 0) is 10.0 Å². The van der Waals surface area contributed by atoms with Crippen LogP contribution in [0.4, 0.5) is 0 Å². The zero-order valence-corrected chi connectivity index (χ0v) is 20.0. The lowest BCUT2D eigenvalue weighted by molar-refractivity contribution is 0.494. The van der Waals surface area contributed by atoms with Gasteiger partial charge >= 0.3 is 0 Å². The molecular weight excluding hydrogens is 418 g/mol. The summed E-state index contributed by atoms with van der Waals surface area (Å²) in [5.41, 5.74) is 5.66. The molecule has 0 amide bonds. The lowest BCUT2D eigenvalue weighted by Crippen LogP contribution is -2.33. The van der Waals surface area contributed by atoms with E-state index in [-0.39, 0.29) is 5.92 Å². The molecule has 1 N–H and O–H groups in total. The number of nitrogens with zero attached hydrogens (tertiary/aromatic N) is 2. The van der Waals surface area contributed by atoms with E-state index in [1.807, 2.05) is 6.92 Å². The van der Waals surface area contributed by atoms with Gasteiger partial charge in [-0.1, -0.05) is 31.7 Å².